The number of hydrogen-bond donors (Lipinski definition) is 0. The van der Waals surface area contributed by atoms with Crippen LogP contribution in [0.5, 0.6) is 0 Å². The standard InChI is InChI=1S/C10H18O3/c1-8(11)3-4-9(2)13-10-5-6-12-7-10/h9-10H,3-7H2,1-2H3. The summed E-state index contributed by atoms with van der Waals surface area (Å²) < 4.78 is 10.9. The molecule has 0 aromatic heterocycles. The first-order valence-electron chi connectivity index (χ1n) is 4.91. The van der Waals surface area contributed by atoms with Crippen molar-refractivity contribution in [3.8, 4) is 0 Å². The highest BCUT2D eigenvalue weighted by molar-refractivity contribution is 5.75. The van der Waals surface area contributed by atoms with Crippen molar-refractivity contribution in [2.45, 2.75) is 45.3 Å². The lowest BCUT2D eigenvalue weighted by atomic mass is 10.1. The van der Waals surface area contributed by atoms with Gasteiger partial charge in [0.1, 0.15) is 5.78 Å². The fourth-order valence-corrected chi connectivity index (χ4v) is 1.42. The zero-order valence-corrected chi connectivity index (χ0v) is 8.41. The van der Waals surface area contributed by atoms with Crippen LogP contribution in [-0.4, -0.2) is 31.2 Å². The first-order chi connectivity index (χ1) is 6.18. The maximum Gasteiger partial charge on any atom is 0.129 e. The van der Waals surface area contributed by atoms with E-state index < -0.39 is 0 Å². The van der Waals surface area contributed by atoms with Crippen LogP contribution in [-0.2, 0) is 14.3 Å². The first-order valence-corrected chi connectivity index (χ1v) is 4.91. The maximum absolute atomic E-state index is 10.7. The molecule has 0 aliphatic carbocycles. The summed E-state index contributed by atoms with van der Waals surface area (Å²) in [6, 6.07) is 0. The molecule has 0 N–H and O–H groups in total. The molecule has 1 aliphatic heterocycles. The minimum Gasteiger partial charge on any atom is -0.379 e. The lowest BCUT2D eigenvalue weighted by molar-refractivity contribution is -0.118. The van der Waals surface area contributed by atoms with Crippen molar-refractivity contribution in [2.75, 3.05) is 13.2 Å². The van der Waals surface area contributed by atoms with Gasteiger partial charge >= 0.3 is 0 Å². The normalized spacial score (nSPS) is 24.6. The van der Waals surface area contributed by atoms with Gasteiger partial charge in [0, 0.05) is 13.0 Å². The molecule has 3 nitrogen and oxygen atoms in total. The molecule has 1 aliphatic rings. The van der Waals surface area contributed by atoms with Gasteiger partial charge in [-0.3, -0.25) is 0 Å². The SMILES string of the molecule is CC(=O)CCC(C)OC1CCOC1. The van der Waals surface area contributed by atoms with E-state index in [1.54, 1.807) is 6.92 Å². The summed E-state index contributed by atoms with van der Waals surface area (Å²) in [7, 11) is 0. The van der Waals surface area contributed by atoms with Gasteiger partial charge in [0.05, 0.1) is 18.8 Å². The van der Waals surface area contributed by atoms with Crippen LogP contribution in [0.15, 0.2) is 0 Å². The fraction of sp³-hybridized carbons (Fsp3) is 0.900. The van der Waals surface area contributed by atoms with E-state index in [2.05, 4.69) is 0 Å². The van der Waals surface area contributed by atoms with E-state index >= 15 is 0 Å². The zero-order chi connectivity index (χ0) is 9.68. The number of rotatable bonds is 5. The summed E-state index contributed by atoms with van der Waals surface area (Å²) in [5.41, 5.74) is 0. The Morgan fingerprint density at radius 2 is 2.46 bits per heavy atom. The second-order valence-corrected chi connectivity index (χ2v) is 3.67. The van der Waals surface area contributed by atoms with E-state index in [0.29, 0.717) is 13.0 Å². The van der Waals surface area contributed by atoms with Crippen molar-refractivity contribution in [2.24, 2.45) is 0 Å². The monoisotopic (exact) mass is 186 g/mol. The van der Waals surface area contributed by atoms with Gasteiger partial charge in [0.2, 0.25) is 0 Å². The molecule has 76 valence electrons. The molecule has 1 saturated heterocycles. The van der Waals surface area contributed by atoms with E-state index in [4.69, 9.17) is 9.47 Å². The summed E-state index contributed by atoms with van der Waals surface area (Å²) >= 11 is 0. The Kier molecular flexibility index (Phi) is 4.39. The molecule has 0 radical (unpaired) electrons. The largest absolute Gasteiger partial charge is 0.379 e. The molecule has 1 rings (SSSR count). The predicted octanol–water partition coefficient (Wildman–Crippen LogP) is 1.55. The molecule has 0 bridgehead atoms. The number of ketones is 1. The quantitative estimate of drug-likeness (QED) is 0.653. The van der Waals surface area contributed by atoms with Gasteiger partial charge in [0.15, 0.2) is 0 Å². The number of carbonyl (C=O) groups excluding carboxylic acids is 1. The van der Waals surface area contributed by atoms with Crippen LogP contribution in [0.25, 0.3) is 0 Å². The first kappa shape index (κ1) is 10.7. The Morgan fingerprint density at radius 1 is 1.69 bits per heavy atom. The highest BCUT2D eigenvalue weighted by atomic mass is 16.5. The van der Waals surface area contributed by atoms with Crippen LogP contribution in [0.1, 0.15) is 33.1 Å². The summed E-state index contributed by atoms with van der Waals surface area (Å²) in [6.07, 6.45) is 2.86. The van der Waals surface area contributed by atoms with Crippen LogP contribution < -0.4 is 0 Å². The number of hydrogen-bond acceptors (Lipinski definition) is 3. The highest BCUT2D eigenvalue weighted by Gasteiger charge is 2.18. The highest BCUT2D eigenvalue weighted by Crippen LogP contribution is 2.13. The molecule has 1 heterocycles. The lowest BCUT2D eigenvalue weighted by Gasteiger charge is -2.16. The van der Waals surface area contributed by atoms with Gasteiger partial charge in [0.25, 0.3) is 0 Å². The van der Waals surface area contributed by atoms with E-state index in [1.165, 1.54) is 0 Å². The summed E-state index contributed by atoms with van der Waals surface area (Å²) in [6.45, 7) is 5.15. The second-order valence-electron chi connectivity index (χ2n) is 3.67. The third kappa shape index (κ3) is 4.39. The molecular formula is C10H18O3. The van der Waals surface area contributed by atoms with Gasteiger partial charge in [-0.1, -0.05) is 0 Å². The van der Waals surface area contributed by atoms with E-state index in [9.17, 15) is 4.79 Å². The average Bonchev–Trinajstić information content (AvgIpc) is 2.53. The minimum atomic E-state index is 0.176. The average molecular weight is 186 g/mol. The van der Waals surface area contributed by atoms with Gasteiger partial charge in [-0.05, 0) is 26.7 Å². The van der Waals surface area contributed by atoms with Crippen molar-refractivity contribution in [1.82, 2.24) is 0 Å². The summed E-state index contributed by atoms with van der Waals surface area (Å²) in [5, 5.41) is 0. The van der Waals surface area contributed by atoms with Crippen LogP contribution in [0.4, 0.5) is 0 Å². The zero-order valence-electron chi connectivity index (χ0n) is 8.41. The third-order valence-corrected chi connectivity index (χ3v) is 2.22. The molecular weight excluding hydrogens is 168 g/mol. The van der Waals surface area contributed by atoms with Gasteiger partial charge < -0.3 is 14.3 Å². The van der Waals surface area contributed by atoms with Crippen LogP contribution >= 0.6 is 0 Å². The third-order valence-electron chi connectivity index (χ3n) is 2.22. The minimum absolute atomic E-state index is 0.176. The van der Waals surface area contributed by atoms with E-state index in [1.807, 2.05) is 6.92 Å². The molecule has 3 heteroatoms. The Balaban J connectivity index is 2.09. The Hall–Kier alpha value is -0.410. The van der Waals surface area contributed by atoms with E-state index in [0.717, 1.165) is 19.4 Å². The topological polar surface area (TPSA) is 35.5 Å². The van der Waals surface area contributed by atoms with Crippen molar-refractivity contribution in [3.05, 3.63) is 0 Å². The van der Waals surface area contributed by atoms with Gasteiger partial charge in [-0.15, -0.1) is 0 Å². The molecule has 0 aromatic carbocycles. The number of Topliss-reactive ketones (excluding diaryl/α,β-unsaturated/α-hetero) is 1. The molecule has 0 saturated carbocycles. The maximum atomic E-state index is 10.7. The molecule has 13 heavy (non-hydrogen) atoms. The Labute approximate surface area is 79.4 Å². The van der Waals surface area contributed by atoms with Crippen LogP contribution in [0.3, 0.4) is 0 Å². The molecule has 2 atom stereocenters. The number of ether oxygens (including phenoxy) is 2. The van der Waals surface area contributed by atoms with Gasteiger partial charge in [-0.25, -0.2) is 0 Å². The van der Waals surface area contributed by atoms with Crippen molar-refractivity contribution in [3.63, 3.8) is 0 Å². The van der Waals surface area contributed by atoms with Crippen LogP contribution in [0, 0.1) is 0 Å². The van der Waals surface area contributed by atoms with Crippen molar-refractivity contribution < 1.29 is 14.3 Å². The van der Waals surface area contributed by atoms with Gasteiger partial charge in [-0.2, -0.15) is 0 Å². The fourth-order valence-electron chi connectivity index (χ4n) is 1.42. The van der Waals surface area contributed by atoms with Crippen molar-refractivity contribution in [1.29, 1.82) is 0 Å². The lowest BCUT2D eigenvalue weighted by Crippen LogP contribution is -2.20. The summed E-state index contributed by atoms with van der Waals surface area (Å²) in [5.74, 6) is 0.234. The van der Waals surface area contributed by atoms with Crippen LogP contribution in [0.2, 0.25) is 0 Å². The molecule has 0 aromatic rings. The molecule has 0 amide bonds. The number of carbonyl (C=O) groups is 1. The summed E-state index contributed by atoms with van der Waals surface area (Å²) in [4.78, 5) is 10.7. The van der Waals surface area contributed by atoms with E-state index in [-0.39, 0.29) is 18.0 Å². The molecule has 2 unspecified atom stereocenters. The Bertz CT molecular complexity index is 162. The second kappa shape index (κ2) is 5.35. The van der Waals surface area contributed by atoms with Crippen molar-refractivity contribution >= 4 is 5.78 Å². The predicted molar refractivity (Wildman–Crippen MR) is 49.7 cm³/mol. The molecule has 1 fully saturated rings. The Morgan fingerprint density at radius 3 is 3.00 bits per heavy atom. The molecule has 0 spiro atoms. The smallest absolute Gasteiger partial charge is 0.129 e.